The molecule has 14 heteroatoms. The Morgan fingerprint density at radius 1 is 1.11 bits per heavy atom. The molecule has 1 aromatic carbocycles. The quantitative estimate of drug-likeness (QED) is 0.233. The zero-order valence-electron chi connectivity index (χ0n) is 24.0. The number of hydrogen-bond acceptors (Lipinski definition) is 7. The van der Waals surface area contributed by atoms with Gasteiger partial charge in [0.15, 0.2) is 0 Å². The Morgan fingerprint density at radius 3 is 2.52 bits per heavy atom. The molecule has 234 valence electrons. The van der Waals surface area contributed by atoms with Gasteiger partial charge in [0.2, 0.25) is 0 Å². The number of nitrogens with zero attached hydrogens (tertiary/aromatic N) is 3. The molecule has 2 N–H and O–H groups in total. The van der Waals surface area contributed by atoms with Crippen LogP contribution in [0.1, 0.15) is 50.7 Å². The normalized spacial score (nSPS) is 15.7. The lowest BCUT2D eigenvalue weighted by molar-refractivity contribution is -0.113. The number of benzene rings is 1. The summed E-state index contributed by atoms with van der Waals surface area (Å²) in [5.74, 6) is -4.63. The van der Waals surface area contributed by atoms with Crippen molar-refractivity contribution in [2.24, 2.45) is 7.05 Å². The fraction of sp³-hybridized carbons (Fsp3) is 0.400. The number of aryl methyl sites for hydroxylation is 1. The Morgan fingerprint density at radius 2 is 1.86 bits per heavy atom. The molecule has 0 unspecified atom stereocenters. The second kappa shape index (κ2) is 12.7. The number of alkyl halides is 4. The van der Waals surface area contributed by atoms with Crippen LogP contribution in [0.25, 0.3) is 11.1 Å². The zero-order chi connectivity index (χ0) is 31.6. The first kappa shape index (κ1) is 31.1. The Hall–Kier alpha value is -4.30. The first-order valence-corrected chi connectivity index (χ1v) is 13.9. The molecule has 2 amide bonds. The van der Waals surface area contributed by atoms with Gasteiger partial charge in [0.1, 0.15) is 17.1 Å². The van der Waals surface area contributed by atoms with Gasteiger partial charge in [0.25, 0.3) is 23.3 Å². The minimum Gasteiger partial charge on any atom is -0.435 e. The molecule has 0 spiro atoms. The van der Waals surface area contributed by atoms with E-state index in [1.54, 1.807) is 19.4 Å². The van der Waals surface area contributed by atoms with Crippen LogP contribution in [0.3, 0.4) is 0 Å². The summed E-state index contributed by atoms with van der Waals surface area (Å²) in [7, 11) is 3.12. The number of nitrogens with one attached hydrogen (secondary N) is 2. The number of ether oxygens (including phenoxy) is 2. The number of halogens is 4. The van der Waals surface area contributed by atoms with Crippen molar-refractivity contribution in [2.45, 2.75) is 37.8 Å². The zero-order valence-corrected chi connectivity index (χ0v) is 24.0. The number of anilines is 1. The molecule has 1 saturated carbocycles. The van der Waals surface area contributed by atoms with Crippen molar-refractivity contribution < 1.29 is 36.6 Å². The van der Waals surface area contributed by atoms with E-state index in [2.05, 4.69) is 20.4 Å². The van der Waals surface area contributed by atoms with Crippen LogP contribution in [0.5, 0.6) is 5.75 Å². The molecule has 0 bridgehead atoms. The van der Waals surface area contributed by atoms with Crippen molar-refractivity contribution >= 4 is 17.6 Å². The molecule has 0 radical (unpaired) electrons. The molecule has 1 saturated heterocycles. The van der Waals surface area contributed by atoms with Crippen LogP contribution in [0.2, 0.25) is 0 Å². The monoisotopic (exact) mass is 617 g/mol. The van der Waals surface area contributed by atoms with Crippen molar-refractivity contribution in [1.29, 1.82) is 0 Å². The number of amides is 2. The van der Waals surface area contributed by atoms with Gasteiger partial charge in [-0.05, 0) is 65.9 Å². The van der Waals surface area contributed by atoms with Crippen LogP contribution >= 0.6 is 0 Å². The minimum atomic E-state index is -3.16. The van der Waals surface area contributed by atoms with Gasteiger partial charge in [-0.1, -0.05) is 0 Å². The number of rotatable bonds is 12. The van der Waals surface area contributed by atoms with E-state index >= 15 is 0 Å². The van der Waals surface area contributed by atoms with E-state index in [1.165, 1.54) is 35.9 Å². The van der Waals surface area contributed by atoms with Gasteiger partial charge in [-0.2, -0.15) is 8.78 Å². The Balaban J connectivity index is 1.48. The van der Waals surface area contributed by atoms with Crippen LogP contribution in [0.4, 0.5) is 23.4 Å². The predicted molar refractivity (Wildman–Crippen MR) is 152 cm³/mol. The first-order chi connectivity index (χ1) is 20.9. The number of aromatic nitrogens is 2. The lowest BCUT2D eigenvalue weighted by atomic mass is 9.96. The molecule has 10 nitrogen and oxygen atoms in total. The third-order valence-corrected chi connectivity index (χ3v) is 7.27. The van der Waals surface area contributed by atoms with Crippen LogP contribution in [-0.4, -0.2) is 72.2 Å². The molecule has 2 aromatic heterocycles. The average molecular weight is 618 g/mol. The van der Waals surface area contributed by atoms with Crippen molar-refractivity contribution in [1.82, 2.24) is 19.8 Å². The van der Waals surface area contributed by atoms with Gasteiger partial charge < -0.3 is 29.6 Å². The molecule has 3 aromatic rings. The highest BCUT2D eigenvalue weighted by Crippen LogP contribution is 2.42. The number of carbonyl (C=O) groups is 2. The maximum Gasteiger partial charge on any atom is 0.387 e. The first-order valence-electron chi connectivity index (χ1n) is 13.9. The summed E-state index contributed by atoms with van der Waals surface area (Å²) >= 11 is 0. The van der Waals surface area contributed by atoms with Crippen molar-refractivity contribution in [3.63, 3.8) is 0 Å². The Kier molecular flexibility index (Phi) is 9.02. The SMILES string of the molecule is COCCNCc1cc(C(=O)Nc2cc(-c3ccc(OC(F)F)cc3C(=O)N3CC(F)(F)C3)cc(C3CC3)n2)c(=O)n(C)c1. The van der Waals surface area contributed by atoms with Crippen LogP contribution < -0.4 is 20.9 Å². The van der Waals surface area contributed by atoms with E-state index in [0.29, 0.717) is 36.5 Å². The number of carbonyl (C=O) groups excluding carboxylic acids is 2. The second-order valence-corrected chi connectivity index (χ2v) is 10.8. The molecular weight excluding hydrogens is 586 g/mol. The van der Waals surface area contributed by atoms with E-state index in [4.69, 9.17) is 4.74 Å². The second-order valence-electron chi connectivity index (χ2n) is 10.8. The Bertz CT molecular complexity index is 1620. The summed E-state index contributed by atoms with van der Waals surface area (Å²) in [4.78, 5) is 44.9. The number of pyridine rings is 2. The predicted octanol–water partition coefficient (Wildman–Crippen LogP) is 4.01. The van der Waals surface area contributed by atoms with Gasteiger partial charge in [0, 0.05) is 45.1 Å². The van der Waals surface area contributed by atoms with Crippen molar-refractivity contribution in [3.8, 4) is 16.9 Å². The van der Waals surface area contributed by atoms with Gasteiger partial charge in [-0.3, -0.25) is 14.4 Å². The van der Waals surface area contributed by atoms with Crippen LogP contribution in [0, 0.1) is 0 Å². The van der Waals surface area contributed by atoms with Crippen LogP contribution in [0.15, 0.2) is 47.4 Å². The standard InChI is InChI=1S/C30H31F4N5O5/c1-38-14-17(13-35-7-8-43-2)9-23(27(38)41)26(40)37-25-11-19(10-24(36-25)18-3-4-18)21-6-5-20(44-29(31)32)12-22(21)28(42)39-15-30(33,34)16-39/h5-6,9-12,14,18,29,35H,3-4,7-8,13,15-16H2,1-2H3,(H,36,37,40). The van der Waals surface area contributed by atoms with E-state index < -0.39 is 43.0 Å². The Labute approximate surface area is 250 Å². The maximum absolute atomic E-state index is 13.6. The van der Waals surface area contributed by atoms with Gasteiger partial charge >= 0.3 is 6.61 Å². The minimum absolute atomic E-state index is 0.0923. The molecule has 2 aliphatic rings. The number of hydrogen-bond donors (Lipinski definition) is 2. The highest BCUT2D eigenvalue weighted by molar-refractivity contribution is 6.05. The van der Waals surface area contributed by atoms with E-state index in [-0.39, 0.29) is 34.2 Å². The van der Waals surface area contributed by atoms with Gasteiger partial charge in [-0.25, -0.2) is 13.8 Å². The molecular formula is C30H31F4N5O5. The number of likely N-dealkylation sites (tertiary alicyclic amines) is 1. The molecule has 5 rings (SSSR count). The highest BCUT2D eigenvalue weighted by Gasteiger charge is 2.46. The topological polar surface area (TPSA) is 115 Å². The van der Waals surface area contributed by atoms with Crippen molar-refractivity contribution in [2.75, 3.05) is 38.7 Å². The summed E-state index contributed by atoms with van der Waals surface area (Å²) < 4.78 is 63.8. The molecule has 2 fully saturated rings. The molecule has 1 aliphatic heterocycles. The average Bonchev–Trinajstić information content (AvgIpc) is 3.80. The summed E-state index contributed by atoms with van der Waals surface area (Å²) in [6.45, 7) is -3.31. The van der Waals surface area contributed by atoms with Gasteiger partial charge in [0.05, 0.1) is 25.3 Å². The van der Waals surface area contributed by atoms with Gasteiger partial charge in [-0.15, -0.1) is 0 Å². The number of methoxy groups -OCH3 is 1. The summed E-state index contributed by atoms with van der Waals surface area (Å²) in [6, 6.07) is 8.40. The third-order valence-electron chi connectivity index (χ3n) is 7.27. The lowest BCUT2D eigenvalue weighted by Gasteiger charge is -2.39. The molecule has 0 atom stereocenters. The van der Waals surface area contributed by atoms with E-state index in [0.717, 1.165) is 23.8 Å². The third kappa shape index (κ3) is 7.25. The van der Waals surface area contributed by atoms with E-state index in [1.807, 2.05) is 0 Å². The maximum atomic E-state index is 13.6. The smallest absolute Gasteiger partial charge is 0.387 e. The molecule has 3 heterocycles. The van der Waals surface area contributed by atoms with Crippen molar-refractivity contribution in [3.05, 3.63) is 75.3 Å². The van der Waals surface area contributed by atoms with Crippen LogP contribution in [-0.2, 0) is 18.3 Å². The largest absolute Gasteiger partial charge is 0.435 e. The molecule has 1 aliphatic carbocycles. The fourth-order valence-electron chi connectivity index (χ4n) is 4.95. The summed E-state index contributed by atoms with van der Waals surface area (Å²) in [5.41, 5.74) is 1.22. The lowest BCUT2D eigenvalue weighted by Crippen LogP contribution is -2.58. The van der Waals surface area contributed by atoms with E-state index in [9.17, 15) is 31.9 Å². The fourth-order valence-corrected chi connectivity index (χ4v) is 4.95. The highest BCUT2D eigenvalue weighted by atomic mass is 19.3. The summed E-state index contributed by atoms with van der Waals surface area (Å²) in [5, 5.41) is 5.84. The molecule has 44 heavy (non-hydrogen) atoms. The summed E-state index contributed by atoms with van der Waals surface area (Å²) in [6.07, 6.45) is 3.31.